The minimum atomic E-state index is -3.56. The molecule has 1 saturated heterocycles. The topological polar surface area (TPSA) is 66.5 Å². The smallest absolute Gasteiger partial charge is 0.240 e. The molecule has 0 saturated carbocycles. The molecule has 1 aliphatic heterocycles. The van der Waals surface area contributed by atoms with Gasteiger partial charge in [0.25, 0.3) is 0 Å². The normalized spacial score (nSPS) is 18.1. The molecule has 5 nitrogen and oxygen atoms in total. The standard InChI is InChI=1S/C17H17BrN2O3S/c18-14-6-8-16(9-7-14)24(22,23)19-11-13-10-17(21)20(12-13)15-4-2-1-3-5-15/h1-9,13,19H,10-12H2. The van der Waals surface area contributed by atoms with Crippen molar-refractivity contribution in [1.82, 2.24) is 4.72 Å². The number of sulfonamides is 1. The number of nitrogens with zero attached hydrogens (tertiary/aromatic N) is 1. The molecule has 0 spiro atoms. The molecule has 1 amide bonds. The lowest BCUT2D eigenvalue weighted by Gasteiger charge is -2.17. The van der Waals surface area contributed by atoms with Gasteiger partial charge in [0.05, 0.1) is 4.90 Å². The van der Waals surface area contributed by atoms with E-state index in [-0.39, 0.29) is 23.3 Å². The van der Waals surface area contributed by atoms with Crippen LogP contribution in [-0.4, -0.2) is 27.4 Å². The Hall–Kier alpha value is -1.70. The van der Waals surface area contributed by atoms with Crippen LogP contribution in [0.5, 0.6) is 0 Å². The predicted octanol–water partition coefficient (Wildman–Crippen LogP) is 2.78. The van der Waals surface area contributed by atoms with Crippen LogP contribution in [0.2, 0.25) is 0 Å². The summed E-state index contributed by atoms with van der Waals surface area (Å²) in [5.74, 6) is -0.0167. The van der Waals surface area contributed by atoms with Crippen molar-refractivity contribution in [2.24, 2.45) is 5.92 Å². The van der Waals surface area contributed by atoms with E-state index in [1.807, 2.05) is 30.3 Å². The summed E-state index contributed by atoms with van der Waals surface area (Å²) in [6.07, 6.45) is 0.345. The van der Waals surface area contributed by atoms with Crippen LogP contribution in [-0.2, 0) is 14.8 Å². The molecule has 0 radical (unpaired) electrons. The van der Waals surface area contributed by atoms with Crippen LogP contribution in [0.1, 0.15) is 6.42 Å². The molecule has 1 unspecified atom stereocenters. The summed E-state index contributed by atoms with van der Waals surface area (Å²) in [6.45, 7) is 0.763. The Labute approximate surface area is 149 Å². The van der Waals surface area contributed by atoms with Gasteiger partial charge in [0.2, 0.25) is 15.9 Å². The quantitative estimate of drug-likeness (QED) is 0.826. The maximum absolute atomic E-state index is 12.3. The Morgan fingerprint density at radius 2 is 1.75 bits per heavy atom. The third kappa shape index (κ3) is 3.85. The van der Waals surface area contributed by atoms with Gasteiger partial charge in [-0.3, -0.25) is 4.79 Å². The lowest BCUT2D eigenvalue weighted by molar-refractivity contribution is -0.117. The molecular formula is C17H17BrN2O3S. The monoisotopic (exact) mass is 408 g/mol. The largest absolute Gasteiger partial charge is 0.312 e. The van der Waals surface area contributed by atoms with E-state index in [0.717, 1.165) is 10.2 Å². The molecule has 0 aliphatic carbocycles. The van der Waals surface area contributed by atoms with Crippen molar-refractivity contribution in [2.75, 3.05) is 18.0 Å². The first-order valence-electron chi connectivity index (χ1n) is 7.56. The van der Waals surface area contributed by atoms with E-state index in [1.54, 1.807) is 29.2 Å². The Morgan fingerprint density at radius 1 is 1.08 bits per heavy atom. The second-order valence-corrected chi connectivity index (χ2v) is 8.40. The van der Waals surface area contributed by atoms with Gasteiger partial charge in [-0.2, -0.15) is 0 Å². The summed E-state index contributed by atoms with van der Waals surface area (Å²) in [7, 11) is -3.56. The number of carbonyl (C=O) groups is 1. The maximum atomic E-state index is 12.3. The van der Waals surface area contributed by atoms with Crippen LogP contribution >= 0.6 is 15.9 Å². The number of rotatable bonds is 5. The molecule has 2 aromatic carbocycles. The molecule has 0 aromatic heterocycles. The van der Waals surface area contributed by atoms with E-state index in [4.69, 9.17) is 0 Å². The van der Waals surface area contributed by atoms with Crippen molar-refractivity contribution in [2.45, 2.75) is 11.3 Å². The molecule has 3 rings (SSSR count). The van der Waals surface area contributed by atoms with Gasteiger partial charge in [0.15, 0.2) is 0 Å². The number of halogens is 1. The number of hydrogen-bond acceptors (Lipinski definition) is 3. The van der Waals surface area contributed by atoms with Gasteiger partial charge in [0, 0.05) is 29.7 Å². The van der Waals surface area contributed by atoms with Crippen LogP contribution in [0.15, 0.2) is 64.0 Å². The second kappa shape index (κ2) is 7.04. The van der Waals surface area contributed by atoms with Gasteiger partial charge in [-0.1, -0.05) is 34.1 Å². The fourth-order valence-electron chi connectivity index (χ4n) is 2.70. The minimum Gasteiger partial charge on any atom is -0.312 e. The number of benzene rings is 2. The van der Waals surface area contributed by atoms with E-state index in [1.165, 1.54) is 0 Å². The average molecular weight is 409 g/mol. The first kappa shape index (κ1) is 17.1. The van der Waals surface area contributed by atoms with Crippen LogP contribution in [0.25, 0.3) is 0 Å². The number of nitrogens with one attached hydrogen (secondary N) is 1. The maximum Gasteiger partial charge on any atom is 0.240 e. The third-order valence-corrected chi connectivity index (χ3v) is 5.93. The van der Waals surface area contributed by atoms with Crippen LogP contribution in [0.3, 0.4) is 0 Å². The SMILES string of the molecule is O=C1CC(CNS(=O)(=O)c2ccc(Br)cc2)CN1c1ccccc1. The highest BCUT2D eigenvalue weighted by Gasteiger charge is 2.31. The molecular weight excluding hydrogens is 392 g/mol. The highest BCUT2D eigenvalue weighted by molar-refractivity contribution is 9.10. The fourth-order valence-corrected chi connectivity index (χ4v) is 4.08. The molecule has 24 heavy (non-hydrogen) atoms. The van der Waals surface area contributed by atoms with Crippen molar-refractivity contribution in [3.8, 4) is 0 Å². The molecule has 1 atom stereocenters. The molecule has 7 heteroatoms. The predicted molar refractivity (Wildman–Crippen MR) is 96.2 cm³/mol. The average Bonchev–Trinajstić information content (AvgIpc) is 2.95. The minimum absolute atomic E-state index is 0.0223. The lowest BCUT2D eigenvalue weighted by Crippen LogP contribution is -2.31. The summed E-state index contributed by atoms with van der Waals surface area (Å²) in [5.41, 5.74) is 0.848. The Kier molecular flexibility index (Phi) is 5.03. The number of carbonyl (C=O) groups excluding carboxylic acids is 1. The van der Waals surface area contributed by atoms with Gasteiger partial charge in [-0.25, -0.2) is 13.1 Å². The van der Waals surface area contributed by atoms with E-state index < -0.39 is 10.0 Å². The Morgan fingerprint density at radius 3 is 2.42 bits per heavy atom. The molecule has 1 heterocycles. The van der Waals surface area contributed by atoms with Crippen LogP contribution < -0.4 is 9.62 Å². The lowest BCUT2D eigenvalue weighted by atomic mass is 10.1. The van der Waals surface area contributed by atoms with Crippen molar-refractivity contribution in [3.05, 3.63) is 59.1 Å². The van der Waals surface area contributed by atoms with Crippen LogP contribution in [0.4, 0.5) is 5.69 Å². The first-order chi connectivity index (χ1) is 11.5. The number of hydrogen-bond donors (Lipinski definition) is 1. The van der Waals surface area contributed by atoms with Gasteiger partial charge < -0.3 is 4.90 Å². The van der Waals surface area contributed by atoms with E-state index in [2.05, 4.69) is 20.7 Å². The second-order valence-electron chi connectivity index (χ2n) is 5.72. The first-order valence-corrected chi connectivity index (χ1v) is 9.84. The molecule has 1 N–H and O–H groups in total. The molecule has 126 valence electrons. The van der Waals surface area contributed by atoms with E-state index in [0.29, 0.717) is 13.0 Å². The van der Waals surface area contributed by atoms with E-state index in [9.17, 15) is 13.2 Å². The molecule has 0 bridgehead atoms. The van der Waals surface area contributed by atoms with E-state index >= 15 is 0 Å². The number of amides is 1. The van der Waals surface area contributed by atoms with Gasteiger partial charge in [0.1, 0.15) is 0 Å². The highest BCUT2D eigenvalue weighted by atomic mass is 79.9. The number of anilines is 1. The van der Waals surface area contributed by atoms with Crippen molar-refractivity contribution >= 4 is 37.5 Å². The summed E-state index contributed by atoms with van der Waals surface area (Å²) in [4.78, 5) is 14.1. The molecule has 2 aromatic rings. The summed E-state index contributed by atoms with van der Waals surface area (Å²) in [5, 5.41) is 0. The van der Waals surface area contributed by atoms with Gasteiger partial charge >= 0.3 is 0 Å². The van der Waals surface area contributed by atoms with Crippen LogP contribution in [0, 0.1) is 5.92 Å². The zero-order valence-electron chi connectivity index (χ0n) is 12.9. The third-order valence-electron chi connectivity index (χ3n) is 3.96. The summed E-state index contributed by atoms with van der Waals surface area (Å²) in [6, 6.07) is 15.9. The summed E-state index contributed by atoms with van der Waals surface area (Å²) >= 11 is 3.28. The highest BCUT2D eigenvalue weighted by Crippen LogP contribution is 2.24. The van der Waals surface area contributed by atoms with Crippen molar-refractivity contribution in [1.29, 1.82) is 0 Å². The molecule has 1 fully saturated rings. The zero-order valence-corrected chi connectivity index (χ0v) is 15.3. The molecule has 1 aliphatic rings. The fraction of sp³-hybridized carbons (Fsp3) is 0.235. The van der Waals surface area contributed by atoms with Crippen molar-refractivity contribution in [3.63, 3.8) is 0 Å². The Bertz CT molecular complexity index is 823. The number of para-hydroxylation sites is 1. The van der Waals surface area contributed by atoms with Gasteiger partial charge in [-0.05, 0) is 42.3 Å². The summed E-state index contributed by atoms with van der Waals surface area (Å²) < 4.78 is 28.0. The van der Waals surface area contributed by atoms with Crippen molar-refractivity contribution < 1.29 is 13.2 Å². The zero-order chi connectivity index (χ0) is 17.2. The Balaban J connectivity index is 1.63. The van der Waals surface area contributed by atoms with Gasteiger partial charge in [-0.15, -0.1) is 0 Å².